The molecule has 4 rings (SSSR count). The van der Waals surface area contributed by atoms with Gasteiger partial charge in [0, 0.05) is 10.6 Å². The van der Waals surface area contributed by atoms with Gasteiger partial charge >= 0.3 is 12.0 Å². The summed E-state index contributed by atoms with van der Waals surface area (Å²) in [5.41, 5.74) is 2.79. The van der Waals surface area contributed by atoms with Crippen LogP contribution in [0.1, 0.15) is 77.2 Å². The van der Waals surface area contributed by atoms with Crippen LogP contribution in [0.2, 0.25) is 0 Å². The zero-order valence-electron chi connectivity index (χ0n) is 24.4. The Morgan fingerprint density at radius 1 is 0.976 bits per heavy atom. The molecule has 2 heterocycles. The van der Waals surface area contributed by atoms with Crippen molar-refractivity contribution in [1.29, 1.82) is 0 Å². The van der Waals surface area contributed by atoms with E-state index in [0.29, 0.717) is 36.4 Å². The molecule has 224 valence electrons. The molecule has 1 aromatic heterocycles. The van der Waals surface area contributed by atoms with Crippen molar-refractivity contribution in [1.82, 2.24) is 4.67 Å². The molecule has 8 nitrogen and oxygen atoms in total. The molecule has 0 spiro atoms. The second-order valence-electron chi connectivity index (χ2n) is 10.3. The predicted molar refractivity (Wildman–Crippen MR) is 168 cm³/mol. The SMILES string of the molecule is CCCCCC(OCc1ccc(OC)cc1)c1ccc(N2C(=O)N(P)C(=O)[C@@H]2CCCc2ccc(C(=O)OC)s2)cc1. The van der Waals surface area contributed by atoms with Gasteiger partial charge in [-0.25, -0.2) is 14.3 Å². The number of hydrogen-bond donors (Lipinski definition) is 0. The highest BCUT2D eigenvalue weighted by molar-refractivity contribution is 7.16. The average molecular weight is 611 g/mol. The van der Waals surface area contributed by atoms with Crippen LogP contribution in [0.15, 0.2) is 60.7 Å². The highest BCUT2D eigenvalue weighted by atomic mass is 32.1. The van der Waals surface area contributed by atoms with Gasteiger partial charge in [-0.3, -0.25) is 9.69 Å². The van der Waals surface area contributed by atoms with E-state index < -0.39 is 6.04 Å². The van der Waals surface area contributed by atoms with E-state index in [1.165, 1.54) is 18.4 Å². The number of thiophene rings is 1. The first-order chi connectivity index (χ1) is 20.4. The Balaban J connectivity index is 1.44. The van der Waals surface area contributed by atoms with E-state index in [4.69, 9.17) is 14.2 Å². The molecule has 3 aromatic rings. The minimum atomic E-state index is -0.590. The van der Waals surface area contributed by atoms with Crippen molar-refractivity contribution in [3.8, 4) is 5.75 Å². The van der Waals surface area contributed by atoms with E-state index in [9.17, 15) is 14.4 Å². The molecule has 3 atom stereocenters. The maximum atomic E-state index is 13.1. The first-order valence-corrected chi connectivity index (χ1v) is 15.6. The van der Waals surface area contributed by atoms with Crippen molar-refractivity contribution in [3.05, 3.63) is 81.5 Å². The van der Waals surface area contributed by atoms with Gasteiger partial charge in [0.15, 0.2) is 0 Å². The molecule has 1 aliphatic heterocycles. The lowest BCUT2D eigenvalue weighted by atomic mass is 10.0. The number of imide groups is 1. The Hall–Kier alpha value is -3.26. The van der Waals surface area contributed by atoms with Crippen LogP contribution in [0.25, 0.3) is 0 Å². The largest absolute Gasteiger partial charge is 0.497 e. The van der Waals surface area contributed by atoms with E-state index in [1.807, 2.05) is 54.6 Å². The van der Waals surface area contributed by atoms with Gasteiger partial charge in [0.2, 0.25) is 0 Å². The van der Waals surface area contributed by atoms with Crippen molar-refractivity contribution in [3.63, 3.8) is 0 Å². The Labute approximate surface area is 254 Å². The average Bonchev–Trinajstić information content (AvgIpc) is 3.58. The van der Waals surface area contributed by atoms with Crippen LogP contribution in [0, 0.1) is 0 Å². The first kappa shape index (κ1) is 31.7. The van der Waals surface area contributed by atoms with Gasteiger partial charge in [-0.1, -0.05) is 50.5 Å². The third-order valence-electron chi connectivity index (χ3n) is 7.42. The number of hydrogen-bond acceptors (Lipinski definition) is 7. The number of aryl methyl sites for hydroxylation is 1. The van der Waals surface area contributed by atoms with E-state index in [2.05, 4.69) is 16.3 Å². The maximum absolute atomic E-state index is 13.1. The molecule has 42 heavy (non-hydrogen) atoms. The van der Waals surface area contributed by atoms with Crippen molar-refractivity contribution < 1.29 is 28.6 Å². The van der Waals surface area contributed by atoms with Gasteiger partial charge in [0.25, 0.3) is 5.91 Å². The monoisotopic (exact) mass is 610 g/mol. The van der Waals surface area contributed by atoms with Crippen molar-refractivity contribution in [2.45, 2.75) is 70.6 Å². The fourth-order valence-electron chi connectivity index (χ4n) is 5.04. The fraction of sp³-hybridized carbons (Fsp3) is 0.406. The summed E-state index contributed by atoms with van der Waals surface area (Å²) >= 11 is 1.39. The molecule has 10 heteroatoms. The zero-order valence-corrected chi connectivity index (χ0v) is 26.4. The van der Waals surface area contributed by atoms with Crippen molar-refractivity contribution in [2.75, 3.05) is 19.1 Å². The molecule has 1 saturated heterocycles. The second-order valence-corrected chi connectivity index (χ2v) is 11.9. The molecule has 3 amide bonds. The quantitative estimate of drug-likeness (QED) is 0.0775. The van der Waals surface area contributed by atoms with Crippen molar-refractivity contribution in [2.24, 2.45) is 0 Å². The Kier molecular flexibility index (Phi) is 11.5. The number of benzene rings is 2. The number of anilines is 1. The second kappa shape index (κ2) is 15.3. The minimum absolute atomic E-state index is 0.0849. The number of amides is 3. The summed E-state index contributed by atoms with van der Waals surface area (Å²) in [6.07, 6.45) is 6.02. The van der Waals surface area contributed by atoms with Crippen LogP contribution in [-0.2, 0) is 27.3 Å². The first-order valence-electron chi connectivity index (χ1n) is 14.3. The van der Waals surface area contributed by atoms with Gasteiger partial charge in [-0.05, 0) is 82.6 Å². The summed E-state index contributed by atoms with van der Waals surface area (Å²) in [6.45, 7) is 2.67. The summed E-state index contributed by atoms with van der Waals surface area (Å²) in [6, 6.07) is 18.4. The number of ether oxygens (including phenoxy) is 3. The molecular formula is C32H39N2O6PS. The molecule has 0 saturated carbocycles. The van der Waals surface area contributed by atoms with E-state index in [0.717, 1.165) is 52.1 Å². The molecule has 2 unspecified atom stereocenters. The van der Waals surface area contributed by atoms with E-state index >= 15 is 0 Å². The van der Waals surface area contributed by atoms with Crippen LogP contribution in [0.5, 0.6) is 5.75 Å². The van der Waals surface area contributed by atoms with Crippen LogP contribution in [0.4, 0.5) is 10.5 Å². The Bertz CT molecular complexity index is 1340. The van der Waals surface area contributed by atoms with Crippen molar-refractivity contribution >= 4 is 44.3 Å². The van der Waals surface area contributed by atoms with Crippen LogP contribution >= 0.6 is 20.7 Å². The number of unbranched alkanes of at least 4 members (excludes halogenated alkanes) is 2. The molecule has 0 aliphatic carbocycles. The summed E-state index contributed by atoms with van der Waals surface area (Å²) in [4.78, 5) is 41.0. The zero-order chi connectivity index (χ0) is 30.1. The summed E-state index contributed by atoms with van der Waals surface area (Å²) in [5, 5.41) is 0. The number of carbonyl (C=O) groups excluding carboxylic acids is 3. The topological polar surface area (TPSA) is 85.4 Å². The van der Waals surface area contributed by atoms with E-state index in [-0.39, 0.29) is 24.0 Å². The number of urea groups is 1. The number of methoxy groups -OCH3 is 2. The summed E-state index contributed by atoms with van der Waals surface area (Å²) in [5.74, 6) is 0.218. The highest BCUT2D eigenvalue weighted by Crippen LogP contribution is 2.33. The van der Waals surface area contributed by atoms with Gasteiger partial charge in [0.05, 0.1) is 26.9 Å². The molecule has 1 aliphatic rings. The van der Waals surface area contributed by atoms with Gasteiger partial charge in [-0.2, -0.15) is 0 Å². The summed E-state index contributed by atoms with van der Waals surface area (Å²) in [7, 11) is 5.27. The molecule has 0 radical (unpaired) electrons. The summed E-state index contributed by atoms with van der Waals surface area (Å²) < 4.78 is 17.5. The predicted octanol–water partition coefficient (Wildman–Crippen LogP) is 7.33. The van der Waals surface area contributed by atoms with Gasteiger partial charge in [-0.15, -0.1) is 11.3 Å². The number of rotatable bonds is 15. The van der Waals surface area contributed by atoms with Crippen LogP contribution in [0.3, 0.4) is 0 Å². The Morgan fingerprint density at radius 3 is 2.38 bits per heavy atom. The molecule has 1 fully saturated rings. The van der Waals surface area contributed by atoms with Gasteiger partial charge < -0.3 is 14.2 Å². The molecule has 0 bridgehead atoms. The van der Waals surface area contributed by atoms with Gasteiger partial charge in [0.1, 0.15) is 16.7 Å². The minimum Gasteiger partial charge on any atom is -0.497 e. The fourth-order valence-corrected chi connectivity index (χ4v) is 6.31. The number of esters is 1. The highest BCUT2D eigenvalue weighted by Gasteiger charge is 2.43. The molecular weight excluding hydrogens is 571 g/mol. The lowest BCUT2D eigenvalue weighted by Crippen LogP contribution is -2.35. The van der Waals surface area contributed by atoms with E-state index in [1.54, 1.807) is 18.1 Å². The lowest BCUT2D eigenvalue weighted by molar-refractivity contribution is -0.123. The number of carbonyl (C=O) groups is 3. The Morgan fingerprint density at radius 2 is 1.71 bits per heavy atom. The third kappa shape index (κ3) is 7.77. The standard InChI is InChI=1S/C32H39N2O6PS/c1-4-5-6-10-28(40-21-22-11-17-25(38-2)18-12-22)23-13-15-24(16-14-23)33-27(30(35)34(41)32(33)37)9-7-8-26-19-20-29(42-26)31(36)39-3/h11-20,27-28H,4-10,21,41H2,1-3H3/t27-,28?/m0/s1. The smallest absolute Gasteiger partial charge is 0.348 e. The normalized spacial score (nSPS) is 15.8. The lowest BCUT2D eigenvalue weighted by Gasteiger charge is -2.23. The van der Waals surface area contributed by atoms with Crippen LogP contribution < -0.4 is 9.64 Å². The molecule has 0 N–H and O–H groups in total. The van der Waals surface area contributed by atoms with Crippen LogP contribution in [-0.4, -0.2) is 42.8 Å². The number of nitrogens with zero attached hydrogens (tertiary/aromatic N) is 2. The maximum Gasteiger partial charge on any atom is 0.348 e. The third-order valence-corrected chi connectivity index (χ3v) is 9.02. The molecule has 2 aromatic carbocycles.